The molecule has 0 amide bonds. The minimum Gasteiger partial charge on any atom is -0.323 e. The van der Waals surface area contributed by atoms with Crippen LogP contribution in [-0.4, -0.2) is 31.2 Å². The number of nitro benzene ring substituents is 1. The molecule has 2 N–H and O–H groups in total. The molecule has 0 aliphatic carbocycles. The molecule has 178 valence electrons. The van der Waals surface area contributed by atoms with E-state index >= 15 is 0 Å². The number of nitro groups is 1. The summed E-state index contributed by atoms with van der Waals surface area (Å²) in [6.45, 7) is -0.567. The lowest BCUT2D eigenvalue weighted by molar-refractivity contribution is -0.384. The van der Waals surface area contributed by atoms with E-state index in [-0.39, 0.29) is 40.7 Å². The Labute approximate surface area is 184 Å². The topological polar surface area (TPSA) is 107 Å². The SMILES string of the molecule is CN(CC(N)c1ccc(C(F)(F)F)c(C(F)(F)F)c1)S(=O)(=O)c1ccc([N+](=O)[O-])cc1.Cl. The molecule has 0 heterocycles. The van der Waals surface area contributed by atoms with Gasteiger partial charge in [0.2, 0.25) is 10.0 Å². The lowest BCUT2D eigenvalue weighted by atomic mass is 9.99. The fraction of sp³-hybridized carbons (Fsp3) is 0.294. The van der Waals surface area contributed by atoms with E-state index in [4.69, 9.17) is 5.73 Å². The predicted octanol–water partition coefficient (Wildman–Crippen LogP) is 4.37. The molecular formula is C17H16ClF6N3O4S. The summed E-state index contributed by atoms with van der Waals surface area (Å²) in [6, 6.07) is 3.67. The van der Waals surface area contributed by atoms with Crippen LogP contribution in [0.25, 0.3) is 0 Å². The van der Waals surface area contributed by atoms with Crippen LogP contribution >= 0.6 is 12.4 Å². The molecule has 0 bridgehead atoms. The zero-order valence-corrected chi connectivity index (χ0v) is 17.6. The van der Waals surface area contributed by atoms with Crippen LogP contribution in [-0.2, 0) is 22.4 Å². The van der Waals surface area contributed by atoms with Crippen LogP contribution in [0.15, 0.2) is 47.4 Å². The minimum absolute atomic E-state index is 0. The quantitative estimate of drug-likeness (QED) is 0.355. The van der Waals surface area contributed by atoms with Crippen LogP contribution in [0.3, 0.4) is 0 Å². The van der Waals surface area contributed by atoms with Gasteiger partial charge in [-0.2, -0.15) is 30.6 Å². The number of non-ortho nitro benzene ring substituents is 1. The number of rotatable bonds is 6. The number of halogens is 7. The van der Waals surface area contributed by atoms with Crippen molar-refractivity contribution in [3.63, 3.8) is 0 Å². The zero-order valence-electron chi connectivity index (χ0n) is 16.0. The Bertz CT molecular complexity index is 1080. The largest absolute Gasteiger partial charge is 0.417 e. The minimum atomic E-state index is -5.31. The molecule has 0 saturated heterocycles. The Morgan fingerprint density at radius 1 is 1.00 bits per heavy atom. The first-order valence-corrected chi connectivity index (χ1v) is 9.74. The third kappa shape index (κ3) is 6.09. The number of hydrogen-bond acceptors (Lipinski definition) is 5. The van der Waals surface area contributed by atoms with Gasteiger partial charge >= 0.3 is 12.4 Å². The summed E-state index contributed by atoms with van der Waals surface area (Å²) < 4.78 is 104. The lowest BCUT2D eigenvalue weighted by Gasteiger charge is -2.23. The highest BCUT2D eigenvalue weighted by molar-refractivity contribution is 7.89. The maximum atomic E-state index is 13.1. The Morgan fingerprint density at radius 2 is 1.50 bits per heavy atom. The van der Waals surface area contributed by atoms with Crippen molar-refractivity contribution < 1.29 is 39.7 Å². The normalized spacial score (nSPS) is 13.5. The van der Waals surface area contributed by atoms with Gasteiger partial charge in [-0.25, -0.2) is 8.42 Å². The van der Waals surface area contributed by atoms with Gasteiger partial charge in [-0.3, -0.25) is 10.1 Å². The van der Waals surface area contributed by atoms with E-state index in [1.54, 1.807) is 0 Å². The Kier molecular flexibility index (Phi) is 8.29. The van der Waals surface area contributed by atoms with Gasteiger partial charge in [0.1, 0.15) is 0 Å². The van der Waals surface area contributed by atoms with Crippen LogP contribution in [0.1, 0.15) is 22.7 Å². The van der Waals surface area contributed by atoms with Gasteiger partial charge in [0.25, 0.3) is 5.69 Å². The number of nitrogens with zero attached hydrogens (tertiary/aromatic N) is 2. The second kappa shape index (κ2) is 9.60. The third-order valence-corrected chi connectivity index (χ3v) is 6.13. The summed E-state index contributed by atoms with van der Waals surface area (Å²) in [6.07, 6.45) is -10.6. The van der Waals surface area contributed by atoms with Crippen molar-refractivity contribution >= 4 is 28.1 Å². The zero-order chi connectivity index (χ0) is 23.8. The molecule has 2 aromatic rings. The number of likely N-dealkylation sites (N-methyl/N-ethyl adjacent to an activating group) is 1. The van der Waals surface area contributed by atoms with Gasteiger partial charge in [0.15, 0.2) is 0 Å². The maximum Gasteiger partial charge on any atom is 0.417 e. The van der Waals surface area contributed by atoms with Crippen molar-refractivity contribution in [1.82, 2.24) is 4.31 Å². The third-order valence-electron chi connectivity index (χ3n) is 4.29. The first kappa shape index (κ1) is 27.6. The molecule has 0 aromatic heterocycles. The van der Waals surface area contributed by atoms with Crippen LogP contribution < -0.4 is 5.73 Å². The first-order chi connectivity index (χ1) is 14.0. The van der Waals surface area contributed by atoms with Gasteiger partial charge in [-0.15, -0.1) is 12.4 Å². The molecule has 1 atom stereocenters. The van der Waals surface area contributed by atoms with Crippen LogP contribution in [0.2, 0.25) is 0 Å². The summed E-state index contributed by atoms with van der Waals surface area (Å²) in [5, 5.41) is 10.7. The Hall–Kier alpha value is -2.42. The Morgan fingerprint density at radius 3 is 1.94 bits per heavy atom. The number of benzene rings is 2. The number of sulfonamides is 1. The lowest BCUT2D eigenvalue weighted by Crippen LogP contribution is -2.34. The monoisotopic (exact) mass is 507 g/mol. The Balaban J connectivity index is 0.00000512. The first-order valence-electron chi connectivity index (χ1n) is 8.30. The van der Waals surface area contributed by atoms with Crippen LogP contribution in [0, 0.1) is 10.1 Å². The second-order valence-electron chi connectivity index (χ2n) is 6.44. The predicted molar refractivity (Wildman–Crippen MR) is 104 cm³/mol. The van der Waals surface area contributed by atoms with E-state index in [1.807, 2.05) is 0 Å². The maximum absolute atomic E-state index is 13.1. The van der Waals surface area contributed by atoms with E-state index in [0.717, 1.165) is 37.4 Å². The molecule has 0 fully saturated rings. The van der Waals surface area contributed by atoms with Gasteiger partial charge in [0.05, 0.1) is 20.9 Å². The average Bonchev–Trinajstić information content (AvgIpc) is 2.66. The standard InChI is InChI=1S/C17H15F6N3O4S.ClH/c1-25(31(29,30)12-5-3-11(4-6-12)26(27)28)9-15(24)10-2-7-13(16(18,19)20)14(8-10)17(21,22)23;/h2-8,15H,9,24H2,1H3;1H. The molecule has 2 aromatic carbocycles. The van der Waals surface area contributed by atoms with Crippen LogP contribution in [0.5, 0.6) is 0 Å². The van der Waals surface area contributed by atoms with Gasteiger partial charge in [0, 0.05) is 31.8 Å². The molecule has 0 aliphatic rings. The summed E-state index contributed by atoms with van der Waals surface area (Å²) >= 11 is 0. The van der Waals surface area contributed by atoms with E-state index in [2.05, 4.69) is 0 Å². The van der Waals surface area contributed by atoms with Crippen molar-refractivity contribution in [2.45, 2.75) is 23.3 Å². The smallest absolute Gasteiger partial charge is 0.323 e. The van der Waals surface area contributed by atoms with Crippen molar-refractivity contribution in [1.29, 1.82) is 0 Å². The molecule has 32 heavy (non-hydrogen) atoms. The number of alkyl halides is 6. The average molecular weight is 508 g/mol. The van der Waals surface area contributed by atoms with E-state index in [1.165, 1.54) is 0 Å². The molecule has 0 spiro atoms. The van der Waals surface area contributed by atoms with Crippen molar-refractivity contribution in [3.05, 3.63) is 69.3 Å². The molecule has 0 saturated carbocycles. The fourth-order valence-electron chi connectivity index (χ4n) is 2.67. The molecule has 2 rings (SSSR count). The molecule has 7 nitrogen and oxygen atoms in total. The summed E-state index contributed by atoms with van der Waals surface area (Å²) in [7, 11) is -3.17. The van der Waals surface area contributed by atoms with E-state index in [0.29, 0.717) is 4.31 Å². The highest BCUT2D eigenvalue weighted by atomic mass is 35.5. The summed E-state index contributed by atoms with van der Waals surface area (Å²) in [4.78, 5) is 9.59. The van der Waals surface area contributed by atoms with Crippen molar-refractivity contribution in [3.8, 4) is 0 Å². The van der Waals surface area contributed by atoms with Crippen molar-refractivity contribution in [2.24, 2.45) is 5.73 Å². The molecule has 0 radical (unpaired) electrons. The van der Waals surface area contributed by atoms with Crippen molar-refractivity contribution in [2.75, 3.05) is 13.6 Å². The summed E-state index contributed by atoms with van der Waals surface area (Å²) in [5.41, 5.74) is 1.23. The van der Waals surface area contributed by atoms with Gasteiger partial charge < -0.3 is 5.73 Å². The molecular weight excluding hydrogens is 492 g/mol. The highest BCUT2D eigenvalue weighted by Gasteiger charge is 2.43. The second-order valence-corrected chi connectivity index (χ2v) is 8.49. The van der Waals surface area contributed by atoms with Gasteiger partial charge in [-0.1, -0.05) is 6.07 Å². The number of nitrogens with two attached hydrogens (primary N) is 1. The van der Waals surface area contributed by atoms with Crippen LogP contribution in [0.4, 0.5) is 32.0 Å². The van der Waals surface area contributed by atoms with E-state index < -0.39 is 51.0 Å². The summed E-state index contributed by atoms with van der Waals surface area (Å²) in [5.74, 6) is 0. The number of hydrogen-bond donors (Lipinski definition) is 1. The molecule has 0 aliphatic heterocycles. The molecule has 15 heteroatoms. The molecule has 1 unspecified atom stereocenters. The van der Waals surface area contributed by atoms with E-state index in [9.17, 15) is 44.9 Å². The van der Waals surface area contributed by atoms with Gasteiger partial charge in [-0.05, 0) is 29.8 Å². The fourth-order valence-corrected chi connectivity index (χ4v) is 3.87. The highest BCUT2D eigenvalue weighted by Crippen LogP contribution is 2.41.